The van der Waals surface area contributed by atoms with Crippen molar-refractivity contribution in [2.24, 2.45) is 11.7 Å². The summed E-state index contributed by atoms with van der Waals surface area (Å²) in [5, 5.41) is 0. The fourth-order valence-corrected chi connectivity index (χ4v) is 2.97. The Morgan fingerprint density at radius 2 is 1.85 bits per heavy atom. The van der Waals surface area contributed by atoms with Gasteiger partial charge in [-0.05, 0) is 43.5 Å². The van der Waals surface area contributed by atoms with Gasteiger partial charge in [-0.3, -0.25) is 0 Å². The van der Waals surface area contributed by atoms with Crippen molar-refractivity contribution in [3.8, 4) is 5.75 Å². The van der Waals surface area contributed by atoms with Crippen LogP contribution in [0, 0.1) is 5.92 Å². The largest absolute Gasteiger partial charge is 0.494 e. The molecule has 0 fully saturated rings. The molecular weight excluding hydrogens is 276 g/mol. The zero-order valence-corrected chi connectivity index (χ0v) is 13.1. The summed E-state index contributed by atoms with van der Waals surface area (Å²) in [5.74, 6) is 1.10. The lowest BCUT2D eigenvalue weighted by atomic mass is 10.1. The second-order valence-electron chi connectivity index (χ2n) is 5.15. The third kappa shape index (κ3) is 5.48. The summed E-state index contributed by atoms with van der Waals surface area (Å²) in [6.45, 7) is 6.78. The van der Waals surface area contributed by atoms with Crippen molar-refractivity contribution in [3.63, 3.8) is 0 Å². The van der Waals surface area contributed by atoms with Gasteiger partial charge in [0, 0.05) is 12.6 Å². The summed E-state index contributed by atoms with van der Waals surface area (Å²) in [6.07, 6.45) is 0.784. The second-order valence-corrected chi connectivity index (χ2v) is 6.91. The van der Waals surface area contributed by atoms with Gasteiger partial charge in [0.15, 0.2) is 0 Å². The standard InChI is InChI=1S/C14H24N2O3S/c1-4-19-13-5-7-14(8-6-13)20(17,18)16-10-12(15)9-11(2)3/h5-8,11-12,16H,4,9-10,15H2,1-3H3. The summed E-state index contributed by atoms with van der Waals surface area (Å²) < 4.78 is 32.0. The Labute approximate surface area is 121 Å². The highest BCUT2D eigenvalue weighted by atomic mass is 32.2. The van der Waals surface area contributed by atoms with Gasteiger partial charge in [0.1, 0.15) is 5.75 Å². The van der Waals surface area contributed by atoms with Crippen molar-refractivity contribution in [1.29, 1.82) is 0 Å². The maximum absolute atomic E-state index is 12.1. The van der Waals surface area contributed by atoms with E-state index in [0.29, 0.717) is 18.3 Å². The number of nitrogens with one attached hydrogen (secondary N) is 1. The molecular formula is C14H24N2O3S. The van der Waals surface area contributed by atoms with E-state index in [4.69, 9.17) is 10.5 Å². The van der Waals surface area contributed by atoms with Crippen molar-refractivity contribution in [2.45, 2.75) is 38.1 Å². The Balaban J connectivity index is 2.64. The highest BCUT2D eigenvalue weighted by Crippen LogP contribution is 2.15. The lowest BCUT2D eigenvalue weighted by Gasteiger charge is -2.15. The lowest BCUT2D eigenvalue weighted by Crippen LogP contribution is -2.37. The zero-order chi connectivity index (χ0) is 15.2. The predicted octanol–water partition coefficient (Wildman–Crippen LogP) is 1.74. The van der Waals surface area contributed by atoms with E-state index in [1.54, 1.807) is 12.1 Å². The molecule has 0 heterocycles. The number of nitrogens with two attached hydrogens (primary N) is 1. The van der Waals surface area contributed by atoms with Crippen LogP contribution in [-0.2, 0) is 10.0 Å². The van der Waals surface area contributed by atoms with Crippen molar-refractivity contribution in [1.82, 2.24) is 4.72 Å². The molecule has 3 N–H and O–H groups in total. The first-order valence-corrected chi connectivity index (χ1v) is 8.31. The topological polar surface area (TPSA) is 81.4 Å². The molecule has 1 aromatic rings. The Morgan fingerprint density at radius 1 is 1.25 bits per heavy atom. The van der Waals surface area contributed by atoms with Crippen molar-refractivity contribution in [2.75, 3.05) is 13.2 Å². The van der Waals surface area contributed by atoms with E-state index >= 15 is 0 Å². The van der Waals surface area contributed by atoms with Gasteiger partial charge in [-0.15, -0.1) is 0 Å². The molecule has 0 saturated carbocycles. The van der Waals surface area contributed by atoms with Gasteiger partial charge in [-0.25, -0.2) is 13.1 Å². The molecule has 1 unspecified atom stereocenters. The van der Waals surface area contributed by atoms with Crippen LogP contribution in [-0.4, -0.2) is 27.6 Å². The molecule has 20 heavy (non-hydrogen) atoms. The Bertz CT molecular complexity index is 498. The minimum atomic E-state index is -3.51. The molecule has 0 aliphatic rings. The van der Waals surface area contributed by atoms with E-state index in [-0.39, 0.29) is 17.5 Å². The molecule has 0 amide bonds. The Kier molecular flexibility index (Phi) is 6.45. The maximum atomic E-state index is 12.1. The van der Waals surface area contributed by atoms with Gasteiger partial charge >= 0.3 is 0 Å². The zero-order valence-electron chi connectivity index (χ0n) is 12.3. The summed E-state index contributed by atoms with van der Waals surface area (Å²) in [6, 6.07) is 6.17. The van der Waals surface area contributed by atoms with Gasteiger partial charge in [0.2, 0.25) is 10.0 Å². The van der Waals surface area contributed by atoms with Crippen LogP contribution in [0.2, 0.25) is 0 Å². The number of ether oxygens (including phenoxy) is 1. The molecule has 0 radical (unpaired) electrons. The first kappa shape index (κ1) is 16.9. The van der Waals surface area contributed by atoms with E-state index in [9.17, 15) is 8.42 Å². The molecule has 1 rings (SSSR count). The predicted molar refractivity (Wildman–Crippen MR) is 80.2 cm³/mol. The fourth-order valence-electron chi connectivity index (χ4n) is 1.87. The number of benzene rings is 1. The fraction of sp³-hybridized carbons (Fsp3) is 0.571. The monoisotopic (exact) mass is 300 g/mol. The number of hydrogen-bond donors (Lipinski definition) is 2. The number of hydrogen-bond acceptors (Lipinski definition) is 4. The highest BCUT2D eigenvalue weighted by Gasteiger charge is 2.15. The van der Waals surface area contributed by atoms with Gasteiger partial charge in [0.25, 0.3) is 0 Å². The molecule has 5 nitrogen and oxygen atoms in total. The van der Waals surface area contributed by atoms with Crippen LogP contribution < -0.4 is 15.2 Å². The second kappa shape index (κ2) is 7.61. The van der Waals surface area contributed by atoms with Gasteiger partial charge in [0.05, 0.1) is 11.5 Å². The van der Waals surface area contributed by atoms with Crippen LogP contribution in [0.5, 0.6) is 5.75 Å². The molecule has 0 bridgehead atoms. The summed E-state index contributed by atoms with van der Waals surface area (Å²) in [5.41, 5.74) is 5.88. The van der Waals surface area contributed by atoms with E-state index in [0.717, 1.165) is 6.42 Å². The SMILES string of the molecule is CCOc1ccc(S(=O)(=O)NCC(N)CC(C)C)cc1. The van der Waals surface area contributed by atoms with Gasteiger partial charge in [-0.2, -0.15) is 0 Å². The van der Waals surface area contributed by atoms with Crippen LogP contribution in [0.4, 0.5) is 0 Å². The van der Waals surface area contributed by atoms with Crippen molar-refractivity contribution in [3.05, 3.63) is 24.3 Å². The summed E-state index contributed by atoms with van der Waals surface area (Å²) in [4.78, 5) is 0.220. The first-order valence-electron chi connectivity index (χ1n) is 6.83. The lowest BCUT2D eigenvalue weighted by molar-refractivity contribution is 0.340. The molecule has 0 saturated heterocycles. The van der Waals surface area contributed by atoms with Crippen LogP contribution in [0.25, 0.3) is 0 Å². The average molecular weight is 300 g/mol. The maximum Gasteiger partial charge on any atom is 0.240 e. The molecule has 0 spiro atoms. The van der Waals surface area contributed by atoms with Crippen LogP contribution in [0.15, 0.2) is 29.2 Å². The Morgan fingerprint density at radius 3 is 2.35 bits per heavy atom. The average Bonchev–Trinajstić information content (AvgIpc) is 2.37. The van der Waals surface area contributed by atoms with Crippen molar-refractivity contribution >= 4 is 10.0 Å². The minimum Gasteiger partial charge on any atom is -0.494 e. The van der Waals surface area contributed by atoms with Gasteiger partial charge < -0.3 is 10.5 Å². The van der Waals surface area contributed by atoms with E-state index in [1.807, 2.05) is 6.92 Å². The normalized spacial score (nSPS) is 13.4. The smallest absolute Gasteiger partial charge is 0.240 e. The summed E-state index contributed by atoms with van der Waals surface area (Å²) in [7, 11) is -3.51. The molecule has 1 aromatic carbocycles. The van der Waals surface area contributed by atoms with E-state index in [2.05, 4.69) is 18.6 Å². The molecule has 1 atom stereocenters. The molecule has 6 heteroatoms. The summed E-state index contributed by atoms with van der Waals surface area (Å²) >= 11 is 0. The number of sulfonamides is 1. The highest BCUT2D eigenvalue weighted by molar-refractivity contribution is 7.89. The quantitative estimate of drug-likeness (QED) is 0.766. The Hall–Kier alpha value is -1.11. The van der Waals surface area contributed by atoms with Crippen LogP contribution >= 0.6 is 0 Å². The number of rotatable bonds is 8. The van der Waals surface area contributed by atoms with Gasteiger partial charge in [-0.1, -0.05) is 13.8 Å². The van der Waals surface area contributed by atoms with Crippen LogP contribution in [0.3, 0.4) is 0 Å². The van der Waals surface area contributed by atoms with Crippen molar-refractivity contribution < 1.29 is 13.2 Å². The van der Waals surface area contributed by atoms with Crippen LogP contribution in [0.1, 0.15) is 27.2 Å². The van der Waals surface area contributed by atoms with E-state index < -0.39 is 10.0 Å². The van der Waals surface area contributed by atoms with E-state index in [1.165, 1.54) is 12.1 Å². The third-order valence-electron chi connectivity index (χ3n) is 2.75. The molecule has 0 aromatic heterocycles. The minimum absolute atomic E-state index is 0.174. The molecule has 0 aliphatic carbocycles. The molecule has 0 aliphatic heterocycles. The first-order chi connectivity index (χ1) is 9.35. The third-order valence-corrected chi connectivity index (χ3v) is 4.19. The molecule has 114 valence electrons.